The predicted octanol–water partition coefficient (Wildman–Crippen LogP) is 1.69. The monoisotopic (exact) mass is 242 g/mol. The third-order valence-corrected chi connectivity index (χ3v) is 2.98. The molecule has 88 valence electrons. The molecule has 0 aromatic carbocycles. The average molecular weight is 243 g/mol. The Morgan fingerprint density at radius 3 is 2.94 bits per heavy atom. The predicted molar refractivity (Wildman–Crippen MR) is 63.5 cm³/mol. The van der Waals surface area contributed by atoms with Crippen LogP contribution in [0.5, 0.6) is 0 Å². The first-order valence-electron chi connectivity index (χ1n) is 5.27. The van der Waals surface area contributed by atoms with Gasteiger partial charge in [0.15, 0.2) is 0 Å². The summed E-state index contributed by atoms with van der Waals surface area (Å²) in [4.78, 5) is 7.89. The first kappa shape index (κ1) is 11.4. The number of nitrogens with one attached hydrogen (secondary N) is 1. The number of anilines is 2. The standard InChI is InChI=1S/C10H15ClN4O/c1-16-7-3-2-6(4-7)13-9-5-8(11)14-10(12)15-9/h5-7H,2-4H2,1H3,(H3,12,13,14,15). The second-order valence-electron chi connectivity index (χ2n) is 3.95. The van der Waals surface area contributed by atoms with Crippen LogP contribution in [0.25, 0.3) is 0 Å². The zero-order valence-corrected chi connectivity index (χ0v) is 9.87. The zero-order chi connectivity index (χ0) is 11.5. The van der Waals surface area contributed by atoms with Gasteiger partial charge in [-0.25, -0.2) is 4.98 Å². The van der Waals surface area contributed by atoms with Crippen molar-refractivity contribution >= 4 is 23.4 Å². The molecule has 2 unspecified atom stereocenters. The molecule has 0 bridgehead atoms. The highest BCUT2D eigenvalue weighted by Gasteiger charge is 2.24. The fourth-order valence-corrected chi connectivity index (χ4v) is 2.19. The summed E-state index contributed by atoms with van der Waals surface area (Å²) >= 11 is 5.80. The van der Waals surface area contributed by atoms with Crippen molar-refractivity contribution in [2.75, 3.05) is 18.2 Å². The Morgan fingerprint density at radius 2 is 2.31 bits per heavy atom. The van der Waals surface area contributed by atoms with E-state index < -0.39 is 0 Å². The van der Waals surface area contributed by atoms with Gasteiger partial charge in [0.2, 0.25) is 5.95 Å². The SMILES string of the molecule is COC1CCC(Nc2cc(Cl)nc(N)n2)C1. The van der Waals surface area contributed by atoms with Crippen LogP contribution in [-0.4, -0.2) is 29.2 Å². The molecule has 1 heterocycles. The van der Waals surface area contributed by atoms with Crippen LogP contribution in [0.2, 0.25) is 5.15 Å². The van der Waals surface area contributed by atoms with Crippen molar-refractivity contribution in [1.29, 1.82) is 0 Å². The minimum atomic E-state index is 0.191. The highest BCUT2D eigenvalue weighted by Crippen LogP contribution is 2.25. The largest absolute Gasteiger partial charge is 0.381 e. The Labute approximate surface area is 99.4 Å². The van der Waals surface area contributed by atoms with Gasteiger partial charge in [-0.2, -0.15) is 4.98 Å². The molecule has 2 atom stereocenters. The summed E-state index contributed by atoms with van der Waals surface area (Å²) in [7, 11) is 1.74. The van der Waals surface area contributed by atoms with E-state index >= 15 is 0 Å². The molecule has 0 saturated heterocycles. The molecule has 0 amide bonds. The second-order valence-corrected chi connectivity index (χ2v) is 4.33. The molecule has 5 nitrogen and oxygen atoms in total. The average Bonchev–Trinajstić information content (AvgIpc) is 2.64. The van der Waals surface area contributed by atoms with E-state index in [0.29, 0.717) is 23.1 Å². The minimum Gasteiger partial charge on any atom is -0.381 e. The first-order chi connectivity index (χ1) is 7.67. The maximum atomic E-state index is 5.80. The van der Waals surface area contributed by atoms with Gasteiger partial charge in [-0.3, -0.25) is 0 Å². The molecule has 0 radical (unpaired) electrons. The molecular formula is C10H15ClN4O. The normalized spacial score (nSPS) is 24.6. The number of hydrogen-bond acceptors (Lipinski definition) is 5. The molecule has 16 heavy (non-hydrogen) atoms. The van der Waals surface area contributed by atoms with Gasteiger partial charge >= 0.3 is 0 Å². The number of aromatic nitrogens is 2. The fraction of sp³-hybridized carbons (Fsp3) is 0.600. The Balaban J connectivity index is 1.99. The number of hydrogen-bond donors (Lipinski definition) is 2. The molecule has 1 fully saturated rings. The summed E-state index contributed by atoms with van der Waals surface area (Å²) in [5.74, 6) is 0.871. The molecule has 1 saturated carbocycles. The third kappa shape index (κ3) is 2.74. The van der Waals surface area contributed by atoms with Gasteiger partial charge in [0, 0.05) is 19.2 Å². The molecular weight excluding hydrogens is 228 g/mol. The molecule has 3 N–H and O–H groups in total. The lowest BCUT2D eigenvalue weighted by atomic mass is 10.2. The van der Waals surface area contributed by atoms with Crippen LogP contribution in [-0.2, 0) is 4.74 Å². The number of rotatable bonds is 3. The van der Waals surface area contributed by atoms with Gasteiger partial charge in [0.1, 0.15) is 11.0 Å². The lowest BCUT2D eigenvalue weighted by Crippen LogP contribution is -2.18. The second kappa shape index (κ2) is 4.84. The van der Waals surface area contributed by atoms with Gasteiger partial charge in [0.05, 0.1) is 6.10 Å². The Kier molecular flexibility index (Phi) is 3.46. The van der Waals surface area contributed by atoms with E-state index in [1.165, 1.54) is 0 Å². The smallest absolute Gasteiger partial charge is 0.223 e. The van der Waals surface area contributed by atoms with Crippen molar-refractivity contribution in [3.63, 3.8) is 0 Å². The van der Waals surface area contributed by atoms with Gasteiger partial charge in [-0.05, 0) is 19.3 Å². The molecule has 0 aliphatic heterocycles. The lowest BCUT2D eigenvalue weighted by Gasteiger charge is -2.13. The lowest BCUT2D eigenvalue weighted by molar-refractivity contribution is 0.108. The highest BCUT2D eigenvalue weighted by atomic mass is 35.5. The molecule has 1 aliphatic carbocycles. The summed E-state index contributed by atoms with van der Waals surface area (Å²) < 4.78 is 5.30. The summed E-state index contributed by atoms with van der Waals surface area (Å²) in [6, 6.07) is 2.05. The first-order valence-corrected chi connectivity index (χ1v) is 5.64. The van der Waals surface area contributed by atoms with E-state index in [4.69, 9.17) is 22.1 Å². The maximum absolute atomic E-state index is 5.80. The summed E-state index contributed by atoms with van der Waals surface area (Å²) in [5.41, 5.74) is 5.52. The quantitative estimate of drug-likeness (QED) is 0.790. The van der Waals surface area contributed by atoms with Crippen LogP contribution in [0.4, 0.5) is 11.8 Å². The van der Waals surface area contributed by atoms with Crippen LogP contribution < -0.4 is 11.1 Å². The summed E-state index contributed by atoms with van der Waals surface area (Å²) in [5, 5.41) is 3.65. The number of ether oxygens (including phenoxy) is 1. The minimum absolute atomic E-state index is 0.191. The van der Waals surface area contributed by atoms with E-state index in [-0.39, 0.29) is 5.95 Å². The number of nitrogens with two attached hydrogens (primary N) is 1. The van der Waals surface area contributed by atoms with Gasteiger partial charge in [0.25, 0.3) is 0 Å². The number of halogens is 1. The molecule has 1 aliphatic rings. The Morgan fingerprint density at radius 1 is 1.50 bits per heavy atom. The van der Waals surface area contributed by atoms with Gasteiger partial charge in [-0.15, -0.1) is 0 Å². The number of methoxy groups -OCH3 is 1. The zero-order valence-electron chi connectivity index (χ0n) is 9.11. The molecule has 6 heteroatoms. The van der Waals surface area contributed by atoms with Crippen molar-refractivity contribution in [3.05, 3.63) is 11.2 Å². The van der Waals surface area contributed by atoms with E-state index in [2.05, 4.69) is 15.3 Å². The van der Waals surface area contributed by atoms with E-state index in [0.717, 1.165) is 19.3 Å². The van der Waals surface area contributed by atoms with Gasteiger partial charge < -0.3 is 15.8 Å². The van der Waals surface area contributed by atoms with Crippen molar-refractivity contribution in [2.24, 2.45) is 0 Å². The topological polar surface area (TPSA) is 73.1 Å². The maximum Gasteiger partial charge on any atom is 0.223 e. The van der Waals surface area contributed by atoms with Crippen molar-refractivity contribution in [3.8, 4) is 0 Å². The van der Waals surface area contributed by atoms with Crippen LogP contribution in [0.1, 0.15) is 19.3 Å². The van der Waals surface area contributed by atoms with E-state index in [9.17, 15) is 0 Å². The van der Waals surface area contributed by atoms with Crippen LogP contribution in [0, 0.1) is 0 Å². The van der Waals surface area contributed by atoms with E-state index in [1.54, 1.807) is 13.2 Å². The van der Waals surface area contributed by atoms with Crippen molar-refractivity contribution < 1.29 is 4.74 Å². The van der Waals surface area contributed by atoms with Crippen LogP contribution >= 0.6 is 11.6 Å². The van der Waals surface area contributed by atoms with Crippen LogP contribution in [0.15, 0.2) is 6.07 Å². The van der Waals surface area contributed by atoms with Crippen molar-refractivity contribution in [2.45, 2.75) is 31.4 Å². The Hall–Kier alpha value is -1.07. The number of nitrogens with zero attached hydrogens (tertiary/aromatic N) is 2. The molecule has 1 aromatic heterocycles. The van der Waals surface area contributed by atoms with Gasteiger partial charge in [-0.1, -0.05) is 11.6 Å². The summed E-state index contributed by atoms with van der Waals surface area (Å²) in [6.07, 6.45) is 3.47. The summed E-state index contributed by atoms with van der Waals surface area (Å²) in [6.45, 7) is 0. The van der Waals surface area contributed by atoms with Crippen LogP contribution in [0.3, 0.4) is 0 Å². The fourth-order valence-electron chi connectivity index (χ4n) is 2.00. The van der Waals surface area contributed by atoms with Crippen molar-refractivity contribution in [1.82, 2.24) is 9.97 Å². The number of nitrogen functional groups attached to an aromatic ring is 1. The molecule has 0 spiro atoms. The third-order valence-electron chi connectivity index (χ3n) is 2.78. The molecule has 2 rings (SSSR count). The van der Waals surface area contributed by atoms with E-state index in [1.807, 2.05) is 0 Å². The highest BCUT2D eigenvalue weighted by molar-refractivity contribution is 6.29. The Bertz CT molecular complexity index is 354. The molecule has 1 aromatic rings.